The van der Waals surface area contributed by atoms with Crippen molar-refractivity contribution in [2.75, 3.05) is 26.2 Å². The molecule has 3 heterocycles. The molecule has 0 bridgehead atoms. The minimum absolute atomic E-state index is 0.0911. The van der Waals surface area contributed by atoms with Crippen molar-refractivity contribution in [2.45, 2.75) is 13.0 Å². The molecule has 0 radical (unpaired) electrons. The van der Waals surface area contributed by atoms with Crippen LogP contribution in [0.2, 0.25) is 0 Å². The van der Waals surface area contributed by atoms with Crippen molar-refractivity contribution in [3.8, 4) is 0 Å². The van der Waals surface area contributed by atoms with Gasteiger partial charge in [-0.3, -0.25) is 9.69 Å². The van der Waals surface area contributed by atoms with Crippen LogP contribution in [0.25, 0.3) is 0 Å². The van der Waals surface area contributed by atoms with E-state index in [2.05, 4.69) is 40.2 Å². The lowest BCUT2D eigenvalue weighted by atomic mass is 9.79. The maximum absolute atomic E-state index is 12.3. The summed E-state index contributed by atoms with van der Waals surface area (Å²) in [7, 11) is 0. The zero-order chi connectivity index (χ0) is 15.0. The van der Waals surface area contributed by atoms with Gasteiger partial charge in [-0.05, 0) is 18.5 Å². The number of hydrogen-bond acceptors (Lipinski definition) is 4. The van der Waals surface area contributed by atoms with Gasteiger partial charge in [-0.1, -0.05) is 30.3 Å². The minimum atomic E-state index is 0.0911. The number of nitrogens with zero attached hydrogens (tertiary/aromatic N) is 3. The zero-order valence-electron chi connectivity index (χ0n) is 12.4. The molecule has 2 aromatic rings. The Hall–Kier alpha value is -1.72. The highest BCUT2D eigenvalue weighted by molar-refractivity contribution is 7.07. The molecule has 5 heteroatoms. The predicted molar refractivity (Wildman–Crippen MR) is 86.8 cm³/mol. The first-order valence-corrected chi connectivity index (χ1v) is 8.62. The average molecular weight is 313 g/mol. The van der Waals surface area contributed by atoms with Gasteiger partial charge in [0.2, 0.25) is 0 Å². The van der Waals surface area contributed by atoms with Crippen LogP contribution >= 0.6 is 11.3 Å². The van der Waals surface area contributed by atoms with E-state index in [-0.39, 0.29) is 5.91 Å². The largest absolute Gasteiger partial charge is 0.336 e. The summed E-state index contributed by atoms with van der Waals surface area (Å²) >= 11 is 1.48. The van der Waals surface area contributed by atoms with Gasteiger partial charge in [0.25, 0.3) is 5.91 Å². The third-order valence-corrected chi connectivity index (χ3v) is 5.34. The van der Waals surface area contributed by atoms with Crippen LogP contribution in [-0.4, -0.2) is 46.9 Å². The lowest BCUT2D eigenvalue weighted by molar-refractivity contribution is 0.00997. The fourth-order valence-corrected chi connectivity index (χ4v) is 4.18. The summed E-state index contributed by atoms with van der Waals surface area (Å²) in [6, 6.07) is 10.6. The first kappa shape index (κ1) is 13.9. The molecule has 4 rings (SSSR count). The molecule has 4 nitrogen and oxygen atoms in total. The van der Waals surface area contributed by atoms with E-state index in [1.54, 1.807) is 5.51 Å². The van der Waals surface area contributed by atoms with Crippen molar-refractivity contribution in [3.63, 3.8) is 0 Å². The lowest BCUT2D eigenvalue weighted by Crippen LogP contribution is -2.59. The van der Waals surface area contributed by atoms with Crippen LogP contribution in [0, 0.1) is 5.41 Å². The van der Waals surface area contributed by atoms with E-state index in [0.29, 0.717) is 11.1 Å². The number of likely N-dealkylation sites (tertiary alicyclic amines) is 2. The highest BCUT2D eigenvalue weighted by atomic mass is 32.1. The van der Waals surface area contributed by atoms with Crippen molar-refractivity contribution in [2.24, 2.45) is 5.41 Å². The maximum Gasteiger partial charge on any atom is 0.273 e. The molecule has 0 aliphatic carbocycles. The van der Waals surface area contributed by atoms with Gasteiger partial charge in [-0.15, -0.1) is 11.3 Å². The molecule has 114 valence electrons. The second-order valence-electron chi connectivity index (χ2n) is 6.48. The highest BCUT2D eigenvalue weighted by Gasteiger charge is 2.49. The van der Waals surface area contributed by atoms with Crippen LogP contribution in [0.4, 0.5) is 0 Å². The smallest absolute Gasteiger partial charge is 0.273 e. The molecule has 0 atom stereocenters. The van der Waals surface area contributed by atoms with Crippen LogP contribution in [0.1, 0.15) is 22.5 Å². The van der Waals surface area contributed by atoms with E-state index in [1.165, 1.54) is 23.3 Å². The second kappa shape index (κ2) is 5.48. The van der Waals surface area contributed by atoms with Gasteiger partial charge in [0.05, 0.1) is 5.51 Å². The summed E-state index contributed by atoms with van der Waals surface area (Å²) in [6.07, 6.45) is 1.20. The minimum Gasteiger partial charge on any atom is -0.336 e. The van der Waals surface area contributed by atoms with Crippen molar-refractivity contribution in [3.05, 3.63) is 52.5 Å². The van der Waals surface area contributed by atoms with Gasteiger partial charge < -0.3 is 4.90 Å². The van der Waals surface area contributed by atoms with E-state index < -0.39 is 0 Å². The van der Waals surface area contributed by atoms with Gasteiger partial charge in [-0.2, -0.15) is 0 Å². The zero-order valence-corrected chi connectivity index (χ0v) is 13.3. The Morgan fingerprint density at radius 2 is 2.05 bits per heavy atom. The number of rotatable bonds is 3. The number of thiazole rings is 1. The molecule has 0 N–H and O–H groups in total. The summed E-state index contributed by atoms with van der Waals surface area (Å²) in [5, 5.41) is 1.84. The third-order valence-electron chi connectivity index (χ3n) is 4.76. The Labute approximate surface area is 134 Å². The Morgan fingerprint density at radius 3 is 2.77 bits per heavy atom. The first-order valence-electron chi connectivity index (χ1n) is 7.68. The van der Waals surface area contributed by atoms with Gasteiger partial charge in [0.15, 0.2) is 0 Å². The summed E-state index contributed by atoms with van der Waals surface area (Å²) in [5.41, 5.74) is 4.01. The molecule has 2 aliphatic heterocycles. The number of benzene rings is 1. The molecule has 2 saturated heterocycles. The van der Waals surface area contributed by atoms with Gasteiger partial charge in [-0.25, -0.2) is 4.98 Å². The van der Waals surface area contributed by atoms with E-state index in [4.69, 9.17) is 0 Å². The van der Waals surface area contributed by atoms with E-state index >= 15 is 0 Å². The third kappa shape index (κ3) is 2.55. The van der Waals surface area contributed by atoms with E-state index in [0.717, 1.165) is 32.7 Å². The molecule has 0 saturated carbocycles. The van der Waals surface area contributed by atoms with Crippen LogP contribution in [-0.2, 0) is 6.54 Å². The predicted octanol–water partition coefficient (Wildman–Crippen LogP) is 2.49. The molecular formula is C17H19N3OS. The summed E-state index contributed by atoms with van der Waals surface area (Å²) < 4.78 is 0. The lowest BCUT2D eigenvalue weighted by Gasteiger charge is -2.47. The Kier molecular flexibility index (Phi) is 3.47. The van der Waals surface area contributed by atoms with Crippen molar-refractivity contribution >= 4 is 17.2 Å². The quantitative estimate of drug-likeness (QED) is 0.873. The van der Waals surface area contributed by atoms with Gasteiger partial charge >= 0.3 is 0 Å². The topological polar surface area (TPSA) is 36.4 Å². The SMILES string of the molecule is O=C(c1cscn1)N1CC2(CCN(Cc3ccccc3)C2)C1. The molecule has 1 aromatic carbocycles. The number of amides is 1. The molecule has 2 aliphatic rings. The molecule has 0 unspecified atom stereocenters. The Morgan fingerprint density at radius 1 is 1.23 bits per heavy atom. The number of carbonyl (C=O) groups is 1. The number of aromatic nitrogens is 1. The maximum atomic E-state index is 12.3. The second-order valence-corrected chi connectivity index (χ2v) is 7.20. The number of carbonyl (C=O) groups excluding carboxylic acids is 1. The molecular weight excluding hydrogens is 294 g/mol. The summed E-state index contributed by atoms with van der Waals surface area (Å²) in [6.45, 7) is 5.02. The summed E-state index contributed by atoms with van der Waals surface area (Å²) in [5.74, 6) is 0.0911. The van der Waals surface area contributed by atoms with Gasteiger partial charge in [0.1, 0.15) is 5.69 Å². The fourth-order valence-electron chi connectivity index (χ4n) is 3.65. The number of hydrogen-bond donors (Lipinski definition) is 0. The Bertz CT molecular complexity index is 650. The first-order chi connectivity index (χ1) is 10.7. The van der Waals surface area contributed by atoms with E-state index in [1.807, 2.05) is 10.3 Å². The van der Waals surface area contributed by atoms with Crippen molar-refractivity contribution in [1.82, 2.24) is 14.8 Å². The molecule has 1 amide bonds. The van der Waals surface area contributed by atoms with Crippen molar-refractivity contribution < 1.29 is 4.79 Å². The summed E-state index contributed by atoms with van der Waals surface area (Å²) in [4.78, 5) is 20.8. The molecule has 1 aromatic heterocycles. The molecule has 2 fully saturated rings. The Balaban J connectivity index is 1.33. The van der Waals surface area contributed by atoms with Gasteiger partial charge in [0, 0.05) is 37.0 Å². The van der Waals surface area contributed by atoms with Crippen LogP contribution in [0.5, 0.6) is 0 Å². The average Bonchev–Trinajstić information content (AvgIpc) is 3.16. The fraction of sp³-hybridized carbons (Fsp3) is 0.412. The van der Waals surface area contributed by atoms with E-state index in [9.17, 15) is 4.79 Å². The monoisotopic (exact) mass is 313 g/mol. The van der Waals surface area contributed by atoms with Crippen molar-refractivity contribution in [1.29, 1.82) is 0 Å². The van der Waals surface area contributed by atoms with Crippen LogP contribution in [0.3, 0.4) is 0 Å². The molecule has 22 heavy (non-hydrogen) atoms. The highest BCUT2D eigenvalue weighted by Crippen LogP contribution is 2.40. The van der Waals surface area contributed by atoms with Crippen LogP contribution in [0.15, 0.2) is 41.2 Å². The standard InChI is InChI=1S/C17H19N3OS/c21-16(15-9-22-13-18-15)20-11-17(12-20)6-7-19(10-17)8-14-4-2-1-3-5-14/h1-5,9,13H,6-8,10-12H2. The molecule has 1 spiro atoms. The normalized spacial score (nSPS) is 20.3. The van der Waals surface area contributed by atoms with Crippen LogP contribution < -0.4 is 0 Å².